The van der Waals surface area contributed by atoms with Gasteiger partial charge in [0.1, 0.15) is 0 Å². The summed E-state index contributed by atoms with van der Waals surface area (Å²) in [6.45, 7) is 7.31. The average molecular weight is 315 g/mol. The molecule has 1 aliphatic heterocycles. The average Bonchev–Trinajstić information content (AvgIpc) is 2.83. The minimum Gasteiger partial charge on any atom is -0.389 e. The molecule has 3 rings (SSSR count). The molecule has 1 saturated heterocycles. The number of aliphatic hydroxyl groups is 1. The largest absolute Gasteiger partial charge is 0.389 e. The van der Waals surface area contributed by atoms with Crippen molar-refractivity contribution in [3.05, 3.63) is 36.0 Å². The molecule has 0 unspecified atom stereocenters. The van der Waals surface area contributed by atoms with E-state index in [0.29, 0.717) is 19.6 Å². The van der Waals surface area contributed by atoms with Crippen LogP contribution in [0.25, 0.3) is 10.9 Å². The van der Waals surface area contributed by atoms with Gasteiger partial charge in [-0.05, 0) is 19.9 Å². The fourth-order valence-corrected chi connectivity index (χ4v) is 3.34. The number of aromatic nitrogens is 1. The van der Waals surface area contributed by atoms with E-state index in [9.17, 15) is 9.90 Å². The fourth-order valence-electron chi connectivity index (χ4n) is 3.34. The van der Waals surface area contributed by atoms with Gasteiger partial charge in [-0.2, -0.15) is 0 Å². The minimum atomic E-state index is -0.693. The van der Waals surface area contributed by atoms with Crippen LogP contribution in [-0.2, 0) is 7.05 Å². The molecular formula is C18H25N3O2. The normalized spacial score (nSPS) is 17.0. The highest BCUT2D eigenvalue weighted by atomic mass is 16.3. The van der Waals surface area contributed by atoms with Crippen LogP contribution in [-0.4, -0.2) is 63.7 Å². The van der Waals surface area contributed by atoms with Crippen LogP contribution in [0.2, 0.25) is 0 Å². The van der Waals surface area contributed by atoms with E-state index in [1.165, 1.54) is 0 Å². The number of nitrogens with zero attached hydrogens (tertiary/aromatic N) is 3. The van der Waals surface area contributed by atoms with Crippen molar-refractivity contribution in [3.63, 3.8) is 0 Å². The number of fused-ring (bicyclic) bond motifs is 1. The molecule has 0 radical (unpaired) electrons. The molecule has 1 aliphatic rings. The second-order valence-corrected chi connectivity index (χ2v) is 7.05. The van der Waals surface area contributed by atoms with Gasteiger partial charge in [0, 0.05) is 56.9 Å². The van der Waals surface area contributed by atoms with Gasteiger partial charge in [0.15, 0.2) is 0 Å². The number of aryl methyl sites for hydroxylation is 1. The lowest BCUT2D eigenvalue weighted by Gasteiger charge is -2.37. The predicted molar refractivity (Wildman–Crippen MR) is 91.6 cm³/mol. The Bertz CT molecular complexity index is 707. The van der Waals surface area contributed by atoms with Crippen molar-refractivity contribution in [2.45, 2.75) is 19.4 Å². The van der Waals surface area contributed by atoms with Gasteiger partial charge in [0.05, 0.1) is 11.2 Å². The van der Waals surface area contributed by atoms with Gasteiger partial charge in [-0.25, -0.2) is 0 Å². The molecule has 1 N–H and O–H groups in total. The lowest BCUT2D eigenvalue weighted by Crippen LogP contribution is -2.51. The summed E-state index contributed by atoms with van der Waals surface area (Å²) in [7, 11) is 1.97. The number of piperazine rings is 1. The topological polar surface area (TPSA) is 48.7 Å². The quantitative estimate of drug-likeness (QED) is 0.938. The molecule has 2 aromatic rings. The third-order valence-electron chi connectivity index (χ3n) is 4.40. The third-order valence-corrected chi connectivity index (χ3v) is 4.40. The summed E-state index contributed by atoms with van der Waals surface area (Å²) in [5, 5.41) is 10.9. The first kappa shape index (κ1) is 16.0. The summed E-state index contributed by atoms with van der Waals surface area (Å²) in [5.74, 6) is 0.102. The Kier molecular flexibility index (Phi) is 4.17. The van der Waals surface area contributed by atoms with Crippen LogP contribution in [0.3, 0.4) is 0 Å². The zero-order chi connectivity index (χ0) is 16.6. The highest BCUT2D eigenvalue weighted by Gasteiger charge is 2.26. The van der Waals surface area contributed by atoms with Crippen molar-refractivity contribution < 1.29 is 9.90 Å². The van der Waals surface area contributed by atoms with E-state index in [2.05, 4.69) is 4.90 Å². The summed E-state index contributed by atoms with van der Waals surface area (Å²) in [6.07, 6.45) is 1.93. The molecule has 0 bridgehead atoms. The smallest absolute Gasteiger partial charge is 0.256 e. The Morgan fingerprint density at radius 3 is 2.48 bits per heavy atom. The van der Waals surface area contributed by atoms with Gasteiger partial charge in [-0.15, -0.1) is 0 Å². The van der Waals surface area contributed by atoms with Crippen molar-refractivity contribution in [2.24, 2.45) is 7.05 Å². The van der Waals surface area contributed by atoms with Gasteiger partial charge >= 0.3 is 0 Å². The van der Waals surface area contributed by atoms with Crippen molar-refractivity contribution in [2.75, 3.05) is 32.7 Å². The standard InChI is InChI=1S/C18H25N3O2/c1-18(2,23)13-20-8-10-21(11-9-20)17(22)15-12-19(3)16-7-5-4-6-14(15)16/h4-7,12,23H,8-11,13H2,1-3H3. The van der Waals surface area contributed by atoms with E-state index >= 15 is 0 Å². The summed E-state index contributed by atoms with van der Waals surface area (Å²) in [5.41, 5.74) is 1.16. The van der Waals surface area contributed by atoms with Crippen molar-refractivity contribution in [1.29, 1.82) is 0 Å². The Balaban J connectivity index is 1.72. The molecule has 0 spiro atoms. The molecule has 1 aromatic heterocycles. The maximum absolute atomic E-state index is 12.9. The molecule has 0 aliphatic carbocycles. The van der Waals surface area contributed by atoms with Crippen LogP contribution in [0, 0.1) is 0 Å². The summed E-state index contributed by atoms with van der Waals surface area (Å²) in [6, 6.07) is 8.01. The van der Waals surface area contributed by atoms with Crippen LogP contribution in [0.4, 0.5) is 0 Å². The number of benzene rings is 1. The van der Waals surface area contributed by atoms with Crippen LogP contribution in [0.1, 0.15) is 24.2 Å². The minimum absolute atomic E-state index is 0.102. The van der Waals surface area contributed by atoms with Gasteiger partial charge in [0.2, 0.25) is 0 Å². The molecule has 0 atom stereocenters. The van der Waals surface area contributed by atoms with E-state index in [1.54, 1.807) is 0 Å². The highest BCUT2D eigenvalue weighted by Crippen LogP contribution is 2.22. The Hall–Kier alpha value is -1.85. The molecule has 5 heteroatoms. The molecule has 2 heterocycles. The zero-order valence-corrected chi connectivity index (χ0v) is 14.1. The number of para-hydroxylation sites is 1. The first-order valence-electron chi connectivity index (χ1n) is 8.13. The Labute approximate surface area is 137 Å². The van der Waals surface area contributed by atoms with Gasteiger partial charge < -0.3 is 14.6 Å². The SMILES string of the molecule is Cn1cc(C(=O)N2CCN(CC(C)(C)O)CC2)c2ccccc21. The van der Waals surface area contributed by atoms with E-state index in [4.69, 9.17) is 0 Å². The molecule has 1 aromatic carbocycles. The predicted octanol–water partition coefficient (Wildman–Crippen LogP) is 1.71. The van der Waals surface area contributed by atoms with E-state index in [-0.39, 0.29) is 5.91 Å². The fraction of sp³-hybridized carbons (Fsp3) is 0.500. The van der Waals surface area contributed by atoms with Crippen molar-refractivity contribution >= 4 is 16.8 Å². The monoisotopic (exact) mass is 315 g/mol. The van der Waals surface area contributed by atoms with Gasteiger partial charge in [-0.3, -0.25) is 9.69 Å². The second kappa shape index (κ2) is 5.98. The highest BCUT2D eigenvalue weighted by molar-refractivity contribution is 6.07. The summed E-state index contributed by atoms with van der Waals surface area (Å²) in [4.78, 5) is 17.0. The van der Waals surface area contributed by atoms with Crippen LogP contribution in [0.5, 0.6) is 0 Å². The maximum Gasteiger partial charge on any atom is 0.256 e. The maximum atomic E-state index is 12.9. The lowest BCUT2D eigenvalue weighted by molar-refractivity contribution is 0.0179. The van der Waals surface area contributed by atoms with E-state index in [0.717, 1.165) is 29.6 Å². The molecule has 1 amide bonds. The molecular weight excluding hydrogens is 290 g/mol. The summed E-state index contributed by atoms with van der Waals surface area (Å²) >= 11 is 0. The Morgan fingerprint density at radius 2 is 1.83 bits per heavy atom. The van der Waals surface area contributed by atoms with Gasteiger partial charge in [0.25, 0.3) is 5.91 Å². The molecule has 5 nitrogen and oxygen atoms in total. The van der Waals surface area contributed by atoms with Gasteiger partial charge in [-0.1, -0.05) is 18.2 Å². The number of carbonyl (C=O) groups is 1. The number of hydrogen-bond acceptors (Lipinski definition) is 3. The Morgan fingerprint density at radius 1 is 1.17 bits per heavy atom. The molecule has 1 fully saturated rings. The number of hydrogen-bond donors (Lipinski definition) is 1. The first-order chi connectivity index (χ1) is 10.8. The second-order valence-electron chi connectivity index (χ2n) is 7.05. The van der Waals surface area contributed by atoms with Crippen molar-refractivity contribution in [3.8, 4) is 0 Å². The number of carbonyl (C=O) groups excluding carboxylic acids is 1. The van der Waals surface area contributed by atoms with Crippen LogP contribution < -0.4 is 0 Å². The van der Waals surface area contributed by atoms with E-state index < -0.39 is 5.60 Å². The summed E-state index contributed by atoms with van der Waals surface area (Å²) < 4.78 is 2.01. The van der Waals surface area contributed by atoms with Crippen LogP contribution in [0.15, 0.2) is 30.5 Å². The number of rotatable bonds is 3. The van der Waals surface area contributed by atoms with Crippen molar-refractivity contribution in [1.82, 2.24) is 14.4 Å². The molecule has 124 valence electrons. The van der Waals surface area contributed by atoms with E-state index in [1.807, 2.05) is 60.8 Å². The first-order valence-corrected chi connectivity index (χ1v) is 8.13. The number of β-amino-alcohol motifs (C(OH)–C–C–N with tert-alkyl or cyclic N) is 1. The number of amides is 1. The lowest BCUT2D eigenvalue weighted by atomic mass is 10.1. The molecule has 0 saturated carbocycles. The van der Waals surface area contributed by atoms with Crippen LogP contribution >= 0.6 is 0 Å². The zero-order valence-electron chi connectivity index (χ0n) is 14.1. The molecule has 23 heavy (non-hydrogen) atoms. The third kappa shape index (κ3) is 3.41.